The van der Waals surface area contributed by atoms with Crippen LogP contribution in [0.2, 0.25) is 6.04 Å². The van der Waals surface area contributed by atoms with Gasteiger partial charge in [-0.05, 0) is 24.3 Å². The molecular formula is C13H28OSi. The summed E-state index contributed by atoms with van der Waals surface area (Å²) < 4.78 is 0. The Morgan fingerprint density at radius 3 is 2.07 bits per heavy atom. The van der Waals surface area contributed by atoms with Crippen LogP contribution in [0.5, 0.6) is 0 Å². The molecule has 0 aliphatic heterocycles. The molecule has 1 nitrogen and oxygen atoms in total. The molecule has 1 N–H and O–H groups in total. The summed E-state index contributed by atoms with van der Waals surface area (Å²) in [5.74, 6) is 0. The van der Waals surface area contributed by atoms with Crippen molar-refractivity contribution >= 4 is 9.76 Å². The summed E-state index contributed by atoms with van der Waals surface area (Å²) in [5, 5.41) is 0. The molecule has 2 radical (unpaired) electrons. The zero-order valence-electron chi connectivity index (χ0n) is 10.8. The summed E-state index contributed by atoms with van der Waals surface area (Å²) in [7, 11) is 0.152. The Bertz CT molecular complexity index is 120. The molecule has 0 amide bonds. The third kappa shape index (κ3) is 10.5. The van der Waals surface area contributed by atoms with Crippen molar-refractivity contribution in [3.05, 3.63) is 0 Å². The van der Waals surface area contributed by atoms with Gasteiger partial charge in [0, 0.05) is 0 Å². The summed E-state index contributed by atoms with van der Waals surface area (Å²) in [6, 6.07) is 1.01. The standard InChI is InChI=1S/C13H28OSi/c1-4-5-6-7-10-13(2,3)11-8-9-12-15-14/h14H,4-12H2,1-3H3. The predicted molar refractivity (Wildman–Crippen MR) is 69.2 cm³/mol. The molecule has 15 heavy (non-hydrogen) atoms. The second kappa shape index (κ2) is 9.41. The van der Waals surface area contributed by atoms with Gasteiger partial charge in [-0.2, -0.15) is 0 Å². The van der Waals surface area contributed by atoms with Crippen molar-refractivity contribution in [3.63, 3.8) is 0 Å². The van der Waals surface area contributed by atoms with E-state index in [9.17, 15) is 0 Å². The minimum atomic E-state index is 0.152. The fourth-order valence-electron chi connectivity index (χ4n) is 1.96. The Labute approximate surface area is 98.6 Å². The number of unbranched alkanes of at least 4 members (excludes halogenated alkanes) is 4. The van der Waals surface area contributed by atoms with E-state index in [1.807, 2.05) is 0 Å². The maximum Gasteiger partial charge on any atom is 0.224 e. The fourth-order valence-corrected chi connectivity index (χ4v) is 2.37. The number of rotatable bonds is 10. The highest BCUT2D eigenvalue weighted by Gasteiger charge is 2.16. The van der Waals surface area contributed by atoms with Crippen molar-refractivity contribution in [1.29, 1.82) is 0 Å². The molecule has 0 spiro atoms. The Hall–Kier alpha value is 0.177. The number of hydrogen-bond donors (Lipinski definition) is 1. The van der Waals surface area contributed by atoms with E-state index in [1.165, 1.54) is 51.4 Å². The van der Waals surface area contributed by atoms with Gasteiger partial charge >= 0.3 is 0 Å². The molecule has 0 heterocycles. The molecule has 0 aromatic heterocycles. The molecule has 0 aliphatic rings. The minimum absolute atomic E-state index is 0.152. The average Bonchev–Trinajstić information content (AvgIpc) is 2.20. The quantitative estimate of drug-likeness (QED) is 0.439. The van der Waals surface area contributed by atoms with Gasteiger partial charge in [-0.1, -0.05) is 59.3 Å². The summed E-state index contributed by atoms with van der Waals surface area (Å²) in [4.78, 5) is 8.72. The minimum Gasteiger partial charge on any atom is -0.432 e. The molecule has 2 heteroatoms. The lowest BCUT2D eigenvalue weighted by molar-refractivity contribution is 0.285. The summed E-state index contributed by atoms with van der Waals surface area (Å²) in [6.45, 7) is 7.04. The lowest BCUT2D eigenvalue weighted by Crippen LogP contribution is -2.11. The van der Waals surface area contributed by atoms with Gasteiger partial charge in [0.15, 0.2) is 0 Å². The normalized spacial score (nSPS) is 12.0. The zero-order valence-corrected chi connectivity index (χ0v) is 11.8. The molecule has 0 rings (SSSR count). The van der Waals surface area contributed by atoms with Crippen LogP contribution in [0.15, 0.2) is 0 Å². The van der Waals surface area contributed by atoms with E-state index < -0.39 is 0 Å². The van der Waals surface area contributed by atoms with Crippen LogP contribution in [0, 0.1) is 5.41 Å². The van der Waals surface area contributed by atoms with Crippen molar-refractivity contribution in [2.75, 3.05) is 0 Å². The van der Waals surface area contributed by atoms with Crippen LogP contribution in [0.4, 0.5) is 0 Å². The van der Waals surface area contributed by atoms with Crippen molar-refractivity contribution in [2.45, 2.75) is 78.2 Å². The van der Waals surface area contributed by atoms with Gasteiger partial charge < -0.3 is 4.80 Å². The van der Waals surface area contributed by atoms with Crippen LogP contribution in [0.3, 0.4) is 0 Å². The van der Waals surface area contributed by atoms with E-state index in [2.05, 4.69) is 20.8 Å². The van der Waals surface area contributed by atoms with Crippen molar-refractivity contribution in [2.24, 2.45) is 5.41 Å². The molecule has 0 unspecified atom stereocenters. The lowest BCUT2D eigenvalue weighted by atomic mass is 9.82. The summed E-state index contributed by atoms with van der Waals surface area (Å²) >= 11 is 0. The third-order valence-corrected chi connectivity index (χ3v) is 3.68. The first-order chi connectivity index (χ1) is 7.12. The highest BCUT2D eigenvalue weighted by molar-refractivity contribution is 6.25. The first-order valence-electron chi connectivity index (χ1n) is 6.49. The molecule has 0 aliphatic carbocycles. The molecule has 0 atom stereocenters. The molecule has 90 valence electrons. The maximum atomic E-state index is 8.72. The van der Waals surface area contributed by atoms with E-state index in [0.29, 0.717) is 5.41 Å². The Kier molecular flexibility index (Phi) is 9.52. The van der Waals surface area contributed by atoms with E-state index >= 15 is 0 Å². The van der Waals surface area contributed by atoms with Gasteiger partial charge in [-0.3, -0.25) is 0 Å². The van der Waals surface area contributed by atoms with Crippen molar-refractivity contribution < 1.29 is 4.80 Å². The molecule has 0 saturated heterocycles. The van der Waals surface area contributed by atoms with Crippen LogP contribution in [-0.2, 0) is 0 Å². The highest BCUT2D eigenvalue weighted by atomic mass is 28.2. The predicted octanol–water partition coefficient (Wildman–Crippen LogP) is 4.18. The van der Waals surface area contributed by atoms with Crippen LogP contribution < -0.4 is 0 Å². The first kappa shape index (κ1) is 15.2. The largest absolute Gasteiger partial charge is 0.432 e. The SMILES string of the molecule is CCCCCCC(C)(C)CCCC[Si]O. The first-order valence-corrected chi connectivity index (χ1v) is 7.65. The second-order valence-corrected chi connectivity index (χ2v) is 6.16. The molecule has 0 aromatic carbocycles. The smallest absolute Gasteiger partial charge is 0.224 e. The lowest BCUT2D eigenvalue weighted by Gasteiger charge is -2.24. The summed E-state index contributed by atoms with van der Waals surface area (Å²) in [6.07, 6.45) is 10.7. The zero-order chi connectivity index (χ0) is 11.6. The molecule has 0 bridgehead atoms. The van der Waals surface area contributed by atoms with Gasteiger partial charge in [0.05, 0.1) is 0 Å². The molecule has 0 fully saturated rings. The van der Waals surface area contributed by atoms with E-state index in [0.717, 1.165) is 6.04 Å². The van der Waals surface area contributed by atoms with Gasteiger partial charge in [0.1, 0.15) is 0 Å². The maximum absolute atomic E-state index is 8.72. The topological polar surface area (TPSA) is 20.2 Å². The van der Waals surface area contributed by atoms with Crippen molar-refractivity contribution in [3.8, 4) is 0 Å². The van der Waals surface area contributed by atoms with Gasteiger partial charge in [0.2, 0.25) is 9.76 Å². The second-order valence-electron chi connectivity index (χ2n) is 5.34. The van der Waals surface area contributed by atoms with E-state index in [4.69, 9.17) is 4.80 Å². The molecular weight excluding hydrogens is 200 g/mol. The number of hydrogen-bond acceptors (Lipinski definition) is 1. The van der Waals surface area contributed by atoms with Crippen LogP contribution in [0.25, 0.3) is 0 Å². The highest BCUT2D eigenvalue weighted by Crippen LogP contribution is 2.30. The van der Waals surface area contributed by atoms with Gasteiger partial charge in [0.25, 0.3) is 0 Å². The Morgan fingerprint density at radius 2 is 1.53 bits per heavy atom. The van der Waals surface area contributed by atoms with E-state index in [-0.39, 0.29) is 9.76 Å². The monoisotopic (exact) mass is 228 g/mol. The van der Waals surface area contributed by atoms with Gasteiger partial charge in [-0.15, -0.1) is 0 Å². The summed E-state index contributed by atoms with van der Waals surface area (Å²) in [5.41, 5.74) is 0.520. The Morgan fingerprint density at radius 1 is 0.933 bits per heavy atom. The molecule has 0 saturated carbocycles. The van der Waals surface area contributed by atoms with Gasteiger partial charge in [-0.25, -0.2) is 0 Å². The Balaban J connectivity index is 3.40. The van der Waals surface area contributed by atoms with Crippen LogP contribution in [-0.4, -0.2) is 14.6 Å². The average molecular weight is 228 g/mol. The fraction of sp³-hybridized carbons (Fsp3) is 1.00. The molecule has 0 aromatic rings. The third-order valence-electron chi connectivity index (χ3n) is 3.10. The van der Waals surface area contributed by atoms with E-state index in [1.54, 1.807) is 0 Å². The van der Waals surface area contributed by atoms with Crippen molar-refractivity contribution in [1.82, 2.24) is 0 Å². The van der Waals surface area contributed by atoms with Crippen LogP contribution in [0.1, 0.15) is 72.1 Å². The van der Waals surface area contributed by atoms with Crippen LogP contribution >= 0.6 is 0 Å².